The number of aliphatic hydroxyl groups excluding tert-OH is 1. The Kier molecular flexibility index (Phi) is 5.89. The number of non-ortho nitro benzene ring substituents is 1. The molecule has 1 aromatic heterocycles. The van der Waals surface area contributed by atoms with Gasteiger partial charge in [0, 0.05) is 12.1 Å². The van der Waals surface area contributed by atoms with Crippen molar-refractivity contribution in [3.8, 4) is 0 Å². The maximum Gasteiger partial charge on any atom is 0.271 e. The van der Waals surface area contributed by atoms with E-state index in [2.05, 4.69) is 4.98 Å². The van der Waals surface area contributed by atoms with Gasteiger partial charge in [-0.25, -0.2) is 13.4 Å². The second-order valence-electron chi connectivity index (χ2n) is 7.17. The Balaban J connectivity index is 1.69. The SMILES string of the molecule is O=[N+]([O-])c1cccc(N(C[C@H](O)Cn2cnc3ccccc32)S(=O)(=O)c2ccccc2)c1. The fourth-order valence-electron chi connectivity index (χ4n) is 3.46. The molecule has 0 amide bonds. The van der Waals surface area contributed by atoms with E-state index in [9.17, 15) is 23.6 Å². The third-order valence-electron chi connectivity index (χ3n) is 4.97. The summed E-state index contributed by atoms with van der Waals surface area (Å²) in [5.74, 6) is 0. The quantitative estimate of drug-likeness (QED) is 0.324. The second-order valence-corrected chi connectivity index (χ2v) is 9.03. The highest BCUT2D eigenvalue weighted by atomic mass is 32.2. The third-order valence-corrected chi connectivity index (χ3v) is 6.78. The van der Waals surface area contributed by atoms with Gasteiger partial charge in [-0.05, 0) is 30.3 Å². The minimum atomic E-state index is -4.09. The predicted molar refractivity (Wildman–Crippen MR) is 120 cm³/mol. The van der Waals surface area contributed by atoms with E-state index in [0.717, 1.165) is 15.3 Å². The Morgan fingerprint density at radius 3 is 2.50 bits per heavy atom. The molecule has 1 atom stereocenters. The van der Waals surface area contributed by atoms with E-state index >= 15 is 0 Å². The molecule has 0 unspecified atom stereocenters. The van der Waals surface area contributed by atoms with E-state index < -0.39 is 21.1 Å². The molecule has 0 aliphatic rings. The molecule has 0 saturated carbocycles. The minimum absolute atomic E-state index is 0.0202. The number of benzene rings is 3. The molecule has 9 nitrogen and oxygen atoms in total. The molecule has 0 aliphatic carbocycles. The van der Waals surface area contributed by atoms with E-state index in [1.807, 2.05) is 24.3 Å². The number of nitro benzene ring substituents is 1. The van der Waals surface area contributed by atoms with E-state index in [1.54, 1.807) is 29.1 Å². The molecule has 1 heterocycles. The van der Waals surface area contributed by atoms with Crippen molar-refractivity contribution in [3.63, 3.8) is 0 Å². The summed E-state index contributed by atoms with van der Waals surface area (Å²) in [6.07, 6.45) is 0.474. The second kappa shape index (κ2) is 8.77. The number of sulfonamides is 1. The van der Waals surface area contributed by atoms with Crippen molar-refractivity contribution in [3.05, 3.63) is 95.3 Å². The molecule has 10 heteroatoms. The zero-order valence-corrected chi connectivity index (χ0v) is 17.7. The monoisotopic (exact) mass is 452 g/mol. The largest absolute Gasteiger partial charge is 0.389 e. The minimum Gasteiger partial charge on any atom is -0.389 e. The third kappa shape index (κ3) is 4.32. The Morgan fingerprint density at radius 1 is 1.03 bits per heavy atom. The van der Waals surface area contributed by atoms with Crippen LogP contribution < -0.4 is 4.31 Å². The van der Waals surface area contributed by atoms with E-state index in [4.69, 9.17) is 0 Å². The molecule has 0 bridgehead atoms. The van der Waals surface area contributed by atoms with E-state index in [-0.39, 0.29) is 29.4 Å². The van der Waals surface area contributed by atoms with Gasteiger partial charge >= 0.3 is 0 Å². The van der Waals surface area contributed by atoms with Crippen LogP contribution in [0, 0.1) is 10.1 Å². The molecule has 3 aromatic carbocycles. The van der Waals surface area contributed by atoms with E-state index in [0.29, 0.717) is 0 Å². The normalized spacial score (nSPS) is 12.5. The molecule has 4 rings (SSSR count). The number of aromatic nitrogens is 2. The Labute approximate surface area is 184 Å². The van der Waals surface area contributed by atoms with Crippen molar-refractivity contribution in [1.82, 2.24) is 9.55 Å². The maximum absolute atomic E-state index is 13.4. The first kappa shape index (κ1) is 21.5. The van der Waals surface area contributed by atoms with Gasteiger partial charge in [-0.2, -0.15) is 0 Å². The number of anilines is 1. The van der Waals surface area contributed by atoms with Gasteiger partial charge in [0.05, 0.1) is 52.1 Å². The van der Waals surface area contributed by atoms with Crippen LogP contribution in [-0.2, 0) is 16.6 Å². The van der Waals surface area contributed by atoms with Crippen LogP contribution in [0.1, 0.15) is 0 Å². The van der Waals surface area contributed by atoms with Crippen LogP contribution >= 0.6 is 0 Å². The molecule has 164 valence electrons. The zero-order valence-electron chi connectivity index (χ0n) is 16.9. The molecule has 32 heavy (non-hydrogen) atoms. The Bertz CT molecular complexity index is 1360. The lowest BCUT2D eigenvalue weighted by molar-refractivity contribution is -0.384. The number of imidazole rings is 1. The summed E-state index contributed by atoms with van der Waals surface area (Å²) in [5.41, 5.74) is 1.41. The number of fused-ring (bicyclic) bond motifs is 1. The summed E-state index contributed by atoms with van der Waals surface area (Å²) in [7, 11) is -4.09. The summed E-state index contributed by atoms with van der Waals surface area (Å²) >= 11 is 0. The number of rotatable bonds is 8. The number of nitrogens with zero attached hydrogens (tertiary/aromatic N) is 4. The van der Waals surface area contributed by atoms with Crippen molar-refractivity contribution in [2.24, 2.45) is 0 Å². The fourth-order valence-corrected chi connectivity index (χ4v) is 4.97. The maximum atomic E-state index is 13.4. The summed E-state index contributed by atoms with van der Waals surface area (Å²) < 4.78 is 29.5. The lowest BCUT2D eigenvalue weighted by atomic mass is 10.2. The molecule has 1 N–H and O–H groups in total. The number of para-hydroxylation sites is 2. The van der Waals surface area contributed by atoms with Crippen molar-refractivity contribution in [1.29, 1.82) is 0 Å². The lowest BCUT2D eigenvalue weighted by Crippen LogP contribution is -2.39. The van der Waals surface area contributed by atoms with Gasteiger partial charge in [-0.1, -0.05) is 36.4 Å². The predicted octanol–water partition coefficient (Wildman–Crippen LogP) is 3.20. The van der Waals surface area contributed by atoms with Gasteiger partial charge in [0.1, 0.15) is 0 Å². The average molecular weight is 452 g/mol. The first-order valence-electron chi connectivity index (χ1n) is 9.76. The Hall–Kier alpha value is -3.76. The highest BCUT2D eigenvalue weighted by Gasteiger charge is 2.28. The molecular formula is C22H20N4O5S. The van der Waals surface area contributed by atoms with Gasteiger partial charge < -0.3 is 9.67 Å². The number of aliphatic hydroxyl groups is 1. The van der Waals surface area contributed by atoms with Crippen LogP contribution in [0.15, 0.2) is 90.1 Å². The number of hydrogen-bond donors (Lipinski definition) is 1. The van der Waals surface area contributed by atoms with Gasteiger partial charge in [0.15, 0.2) is 0 Å². The standard InChI is InChI=1S/C22H20N4O5S/c27-19(14-24-16-23-21-11-4-5-12-22(21)24)15-25(17-7-6-8-18(13-17)26(28)29)32(30,31)20-9-2-1-3-10-20/h1-13,16,19,27H,14-15H2/t19-/m1/s1. The van der Waals surface area contributed by atoms with Gasteiger partial charge in [-0.15, -0.1) is 0 Å². The van der Waals surface area contributed by atoms with Gasteiger partial charge in [-0.3, -0.25) is 14.4 Å². The summed E-state index contributed by atoms with van der Waals surface area (Å²) in [5, 5.41) is 22.0. The van der Waals surface area contributed by atoms with Crippen molar-refractivity contribution in [2.45, 2.75) is 17.5 Å². The van der Waals surface area contributed by atoms with Gasteiger partial charge in [0.2, 0.25) is 0 Å². The van der Waals surface area contributed by atoms with Crippen LogP contribution in [0.3, 0.4) is 0 Å². The summed E-state index contributed by atoms with van der Waals surface area (Å²) in [4.78, 5) is 14.9. The molecule has 4 aromatic rings. The van der Waals surface area contributed by atoms with Gasteiger partial charge in [0.25, 0.3) is 15.7 Å². The smallest absolute Gasteiger partial charge is 0.271 e. The van der Waals surface area contributed by atoms with Crippen LogP contribution in [0.25, 0.3) is 11.0 Å². The van der Waals surface area contributed by atoms with E-state index in [1.165, 1.54) is 36.4 Å². The van der Waals surface area contributed by atoms with Crippen LogP contribution in [-0.4, -0.2) is 40.6 Å². The molecule has 0 saturated heterocycles. The number of hydrogen-bond acceptors (Lipinski definition) is 6. The Morgan fingerprint density at radius 2 is 1.75 bits per heavy atom. The van der Waals surface area contributed by atoms with Crippen molar-refractivity contribution in [2.75, 3.05) is 10.8 Å². The molecule has 0 radical (unpaired) electrons. The average Bonchev–Trinajstić information content (AvgIpc) is 3.21. The molecular weight excluding hydrogens is 432 g/mol. The first-order chi connectivity index (χ1) is 15.4. The summed E-state index contributed by atoms with van der Waals surface area (Å²) in [6, 6.07) is 20.5. The first-order valence-corrected chi connectivity index (χ1v) is 11.2. The highest BCUT2D eigenvalue weighted by Crippen LogP contribution is 2.27. The fraction of sp³-hybridized carbons (Fsp3) is 0.136. The zero-order chi connectivity index (χ0) is 22.7. The molecule has 0 spiro atoms. The molecule has 0 aliphatic heterocycles. The number of nitro groups is 1. The lowest BCUT2D eigenvalue weighted by Gasteiger charge is -2.27. The van der Waals surface area contributed by atoms with Crippen molar-refractivity contribution >= 4 is 32.4 Å². The highest BCUT2D eigenvalue weighted by molar-refractivity contribution is 7.92. The van der Waals surface area contributed by atoms with Crippen LogP contribution in [0.4, 0.5) is 11.4 Å². The van der Waals surface area contributed by atoms with Crippen LogP contribution in [0.5, 0.6) is 0 Å². The topological polar surface area (TPSA) is 119 Å². The van der Waals surface area contributed by atoms with Crippen LogP contribution in [0.2, 0.25) is 0 Å². The summed E-state index contributed by atoms with van der Waals surface area (Å²) in [6.45, 7) is -0.207. The molecule has 0 fully saturated rings. The van der Waals surface area contributed by atoms with Crippen molar-refractivity contribution < 1.29 is 18.4 Å².